The SMILES string of the molecule is Cc1cc(C(=O)NC2CCCCCC2Cl)ccc1O. The van der Waals surface area contributed by atoms with E-state index < -0.39 is 0 Å². The molecule has 0 spiro atoms. The first-order chi connectivity index (χ1) is 9.08. The number of rotatable bonds is 2. The van der Waals surface area contributed by atoms with Crippen molar-refractivity contribution in [3.8, 4) is 5.75 Å². The molecule has 1 aliphatic rings. The van der Waals surface area contributed by atoms with E-state index in [0.717, 1.165) is 25.7 Å². The van der Waals surface area contributed by atoms with Gasteiger partial charge >= 0.3 is 0 Å². The second-order valence-corrected chi connectivity index (χ2v) is 5.80. The average molecular weight is 282 g/mol. The van der Waals surface area contributed by atoms with Gasteiger partial charge < -0.3 is 10.4 Å². The maximum absolute atomic E-state index is 12.2. The molecule has 0 heterocycles. The Kier molecular flexibility index (Phi) is 4.70. The molecule has 0 saturated heterocycles. The number of amides is 1. The Morgan fingerprint density at radius 3 is 2.79 bits per heavy atom. The van der Waals surface area contributed by atoms with Gasteiger partial charge in [0.1, 0.15) is 5.75 Å². The van der Waals surface area contributed by atoms with Crippen LogP contribution < -0.4 is 5.32 Å². The van der Waals surface area contributed by atoms with E-state index in [1.165, 1.54) is 6.42 Å². The topological polar surface area (TPSA) is 49.3 Å². The smallest absolute Gasteiger partial charge is 0.251 e. The Balaban J connectivity index is 2.05. The average Bonchev–Trinajstić information content (AvgIpc) is 2.58. The number of carbonyl (C=O) groups excluding carboxylic acids is 1. The second-order valence-electron chi connectivity index (χ2n) is 5.24. The summed E-state index contributed by atoms with van der Waals surface area (Å²) in [4.78, 5) is 12.2. The number of hydrogen-bond acceptors (Lipinski definition) is 2. The fraction of sp³-hybridized carbons (Fsp3) is 0.533. The van der Waals surface area contributed by atoms with Crippen molar-refractivity contribution in [3.63, 3.8) is 0 Å². The maximum atomic E-state index is 12.2. The Bertz CT molecular complexity index is 461. The fourth-order valence-electron chi connectivity index (χ4n) is 2.47. The summed E-state index contributed by atoms with van der Waals surface area (Å²) in [7, 11) is 0. The number of nitrogens with one attached hydrogen (secondary N) is 1. The fourth-order valence-corrected chi connectivity index (χ4v) is 2.82. The first-order valence-corrected chi connectivity index (χ1v) is 7.26. The van der Waals surface area contributed by atoms with Crippen LogP contribution in [0.15, 0.2) is 18.2 Å². The van der Waals surface area contributed by atoms with Crippen molar-refractivity contribution in [1.82, 2.24) is 5.32 Å². The zero-order valence-corrected chi connectivity index (χ0v) is 11.9. The Hall–Kier alpha value is -1.22. The molecule has 104 valence electrons. The molecule has 19 heavy (non-hydrogen) atoms. The van der Waals surface area contributed by atoms with Gasteiger partial charge in [-0.2, -0.15) is 0 Å². The molecule has 1 saturated carbocycles. The van der Waals surface area contributed by atoms with Gasteiger partial charge in [-0.1, -0.05) is 19.3 Å². The number of carbonyl (C=O) groups is 1. The summed E-state index contributed by atoms with van der Waals surface area (Å²) < 4.78 is 0. The van der Waals surface area contributed by atoms with E-state index in [0.29, 0.717) is 11.1 Å². The molecule has 0 bridgehead atoms. The largest absolute Gasteiger partial charge is 0.508 e. The second kappa shape index (κ2) is 6.29. The van der Waals surface area contributed by atoms with Crippen LogP contribution in [0.25, 0.3) is 0 Å². The molecule has 2 rings (SSSR count). The molecule has 1 amide bonds. The van der Waals surface area contributed by atoms with Gasteiger partial charge in [-0.3, -0.25) is 4.79 Å². The van der Waals surface area contributed by atoms with Gasteiger partial charge in [0, 0.05) is 11.6 Å². The first kappa shape index (κ1) is 14.2. The summed E-state index contributed by atoms with van der Waals surface area (Å²) in [5, 5.41) is 12.5. The summed E-state index contributed by atoms with van der Waals surface area (Å²) in [5.41, 5.74) is 1.28. The lowest BCUT2D eigenvalue weighted by atomic mass is 10.1. The van der Waals surface area contributed by atoms with Crippen LogP contribution >= 0.6 is 11.6 Å². The highest BCUT2D eigenvalue weighted by molar-refractivity contribution is 6.21. The van der Waals surface area contributed by atoms with E-state index in [1.807, 2.05) is 0 Å². The summed E-state index contributed by atoms with van der Waals surface area (Å²) >= 11 is 6.32. The van der Waals surface area contributed by atoms with Gasteiger partial charge in [0.15, 0.2) is 0 Å². The van der Waals surface area contributed by atoms with Crippen molar-refractivity contribution < 1.29 is 9.90 Å². The highest BCUT2D eigenvalue weighted by atomic mass is 35.5. The number of halogens is 1. The van der Waals surface area contributed by atoms with Gasteiger partial charge in [-0.25, -0.2) is 0 Å². The monoisotopic (exact) mass is 281 g/mol. The van der Waals surface area contributed by atoms with Gasteiger partial charge in [0.05, 0.1) is 5.38 Å². The molecule has 2 atom stereocenters. The molecule has 4 heteroatoms. The third-order valence-electron chi connectivity index (χ3n) is 3.71. The summed E-state index contributed by atoms with van der Waals surface area (Å²) in [6.07, 6.45) is 5.34. The number of phenolic OH excluding ortho intramolecular Hbond substituents is 1. The lowest BCUT2D eigenvalue weighted by Crippen LogP contribution is -2.40. The quantitative estimate of drug-likeness (QED) is 0.645. The van der Waals surface area contributed by atoms with E-state index in [-0.39, 0.29) is 23.1 Å². The third kappa shape index (κ3) is 3.63. The highest BCUT2D eigenvalue weighted by Gasteiger charge is 2.23. The van der Waals surface area contributed by atoms with Crippen molar-refractivity contribution in [2.75, 3.05) is 0 Å². The van der Waals surface area contributed by atoms with Gasteiger partial charge in [-0.05, 0) is 43.5 Å². The minimum Gasteiger partial charge on any atom is -0.508 e. The standard InChI is InChI=1S/C15H20ClNO2/c1-10-9-11(7-8-14(10)18)15(19)17-13-6-4-2-3-5-12(13)16/h7-9,12-13,18H,2-6H2,1H3,(H,17,19). The number of alkyl halides is 1. The van der Waals surface area contributed by atoms with Crippen LogP contribution in [-0.2, 0) is 0 Å². The van der Waals surface area contributed by atoms with Crippen molar-refractivity contribution in [3.05, 3.63) is 29.3 Å². The molecular formula is C15H20ClNO2. The summed E-state index contributed by atoms with van der Waals surface area (Å²) in [5.74, 6) is 0.0990. The Morgan fingerprint density at radius 1 is 1.32 bits per heavy atom. The number of hydrogen-bond donors (Lipinski definition) is 2. The van der Waals surface area contributed by atoms with E-state index in [4.69, 9.17) is 11.6 Å². The van der Waals surface area contributed by atoms with E-state index in [9.17, 15) is 9.90 Å². The van der Waals surface area contributed by atoms with Crippen LogP contribution in [0.5, 0.6) is 5.75 Å². The zero-order chi connectivity index (χ0) is 13.8. The Labute approximate surface area is 119 Å². The summed E-state index contributed by atoms with van der Waals surface area (Å²) in [6.45, 7) is 1.78. The lowest BCUT2D eigenvalue weighted by molar-refractivity contribution is 0.0934. The number of benzene rings is 1. The van der Waals surface area contributed by atoms with Gasteiger partial charge in [-0.15, -0.1) is 11.6 Å². The first-order valence-electron chi connectivity index (χ1n) is 6.82. The maximum Gasteiger partial charge on any atom is 0.251 e. The molecule has 1 aromatic carbocycles. The van der Waals surface area contributed by atoms with Crippen molar-refractivity contribution in [2.45, 2.75) is 50.4 Å². The molecule has 1 aliphatic carbocycles. The predicted molar refractivity (Wildman–Crippen MR) is 76.8 cm³/mol. The van der Waals surface area contributed by atoms with Crippen LogP contribution in [0.3, 0.4) is 0 Å². The summed E-state index contributed by atoms with van der Waals surface area (Å²) in [6, 6.07) is 4.93. The predicted octanol–water partition coefficient (Wildman–Crippen LogP) is 3.37. The van der Waals surface area contributed by atoms with Crippen LogP contribution in [0.1, 0.15) is 48.0 Å². The number of phenols is 1. The molecule has 0 aromatic heterocycles. The van der Waals surface area contributed by atoms with Crippen molar-refractivity contribution in [1.29, 1.82) is 0 Å². The van der Waals surface area contributed by atoms with E-state index >= 15 is 0 Å². The normalized spacial score (nSPS) is 23.7. The minimum atomic E-state index is -0.111. The highest BCUT2D eigenvalue weighted by Crippen LogP contribution is 2.23. The molecule has 1 fully saturated rings. The van der Waals surface area contributed by atoms with Crippen LogP contribution in [0, 0.1) is 6.92 Å². The van der Waals surface area contributed by atoms with Crippen LogP contribution in [0.4, 0.5) is 0 Å². The molecular weight excluding hydrogens is 262 g/mol. The van der Waals surface area contributed by atoms with Crippen molar-refractivity contribution >= 4 is 17.5 Å². The Morgan fingerprint density at radius 2 is 2.05 bits per heavy atom. The van der Waals surface area contributed by atoms with E-state index in [1.54, 1.807) is 25.1 Å². The van der Waals surface area contributed by atoms with Gasteiger partial charge in [0.25, 0.3) is 5.91 Å². The number of aromatic hydroxyl groups is 1. The third-order valence-corrected chi connectivity index (χ3v) is 4.23. The lowest BCUT2D eigenvalue weighted by Gasteiger charge is -2.21. The zero-order valence-electron chi connectivity index (χ0n) is 11.2. The molecule has 3 nitrogen and oxygen atoms in total. The van der Waals surface area contributed by atoms with Gasteiger partial charge in [0.2, 0.25) is 0 Å². The van der Waals surface area contributed by atoms with E-state index in [2.05, 4.69) is 5.32 Å². The minimum absolute atomic E-state index is 0.0182. The number of aryl methyl sites for hydroxylation is 1. The van der Waals surface area contributed by atoms with Crippen molar-refractivity contribution in [2.24, 2.45) is 0 Å². The molecule has 2 unspecified atom stereocenters. The molecule has 2 N–H and O–H groups in total. The molecule has 1 aromatic rings. The molecule has 0 radical (unpaired) electrons. The molecule has 0 aliphatic heterocycles. The van der Waals surface area contributed by atoms with Crippen LogP contribution in [0.2, 0.25) is 0 Å². The van der Waals surface area contributed by atoms with Crippen LogP contribution in [-0.4, -0.2) is 22.4 Å².